The van der Waals surface area contributed by atoms with Crippen LogP contribution in [0.15, 0.2) is 17.5 Å². The molecule has 1 heterocycles. The van der Waals surface area contributed by atoms with Gasteiger partial charge in [-0.15, -0.1) is 11.3 Å². The molecule has 1 aromatic heterocycles. The molecule has 0 fully saturated rings. The van der Waals surface area contributed by atoms with Gasteiger partial charge in [0.2, 0.25) is 0 Å². The number of rotatable bonds is 12. The highest BCUT2D eigenvalue weighted by molar-refractivity contribution is 7.11. The Balaban J connectivity index is 2.21. The van der Waals surface area contributed by atoms with Gasteiger partial charge in [-0.3, -0.25) is 0 Å². The van der Waals surface area contributed by atoms with Crippen molar-refractivity contribution in [1.82, 2.24) is 0 Å². The van der Waals surface area contributed by atoms with Gasteiger partial charge in [-0.25, -0.2) is 0 Å². The molecular weight excluding hydrogens is 272 g/mol. The number of hydrogen-bond acceptors (Lipinski definition) is 4. The number of ether oxygens (including phenoxy) is 3. The molecule has 0 spiro atoms. The molecule has 0 aliphatic heterocycles. The second kappa shape index (κ2) is 11.1. The maximum atomic E-state index is 5.93. The van der Waals surface area contributed by atoms with Gasteiger partial charge >= 0.3 is 0 Å². The Morgan fingerprint density at radius 2 is 1.80 bits per heavy atom. The van der Waals surface area contributed by atoms with Crippen LogP contribution >= 0.6 is 11.3 Å². The zero-order chi connectivity index (χ0) is 14.6. The summed E-state index contributed by atoms with van der Waals surface area (Å²) in [6.07, 6.45) is 4.58. The molecule has 2 unspecified atom stereocenters. The fraction of sp³-hybridized carbons (Fsp3) is 0.750. The Labute approximate surface area is 127 Å². The molecule has 0 N–H and O–H groups in total. The van der Waals surface area contributed by atoms with Crippen molar-refractivity contribution < 1.29 is 14.2 Å². The molecule has 0 saturated carbocycles. The lowest BCUT2D eigenvalue weighted by Gasteiger charge is -2.21. The predicted octanol–water partition coefficient (Wildman–Crippen LogP) is 4.52. The van der Waals surface area contributed by atoms with Crippen molar-refractivity contribution in [1.29, 1.82) is 0 Å². The van der Waals surface area contributed by atoms with Crippen LogP contribution in [0.5, 0.6) is 5.06 Å². The highest BCUT2D eigenvalue weighted by Crippen LogP contribution is 2.19. The van der Waals surface area contributed by atoms with Crippen LogP contribution in [-0.4, -0.2) is 32.0 Å². The first kappa shape index (κ1) is 17.5. The molecular formula is C16H28O3S. The van der Waals surface area contributed by atoms with Gasteiger partial charge in [0.25, 0.3) is 0 Å². The van der Waals surface area contributed by atoms with Gasteiger partial charge in [0.05, 0.1) is 18.8 Å². The highest BCUT2D eigenvalue weighted by atomic mass is 32.1. The van der Waals surface area contributed by atoms with E-state index in [0.717, 1.165) is 30.9 Å². The molecule has 2 atom stereocenters. The van der Waals surface area contributed by atoms with E-state index in [1.54, 1.807) is 11.3 Å². The summed E-state index contributed by atoms with van der Waals surface area (Å²) in [6, 6.07) is 3.98. The molecule has 0 saturated heterocycles. The van der Waals surface area contributed by atoms with E-state index in [2.05, 4.69) is 20.8 Å². The lowest BCUT2D eigenvalue weighted by molar-refractivity contribution is -0.0572. The van der Waals surface area contributed by atoms with Crippen molar-refractivity contribution in [3.63, 3.8) is 0 Å². The van der Waals surface area contributed by atoms with Crippen LogP contribution < -0.4 is 4.74 Å². The van der Waals surface area contributed by atoms with Crippen molar-refractivity contribution in [3.05, 3.63) is 17.5 Å². The molecule has 116 valence electrons. The normalized spacial score (nSPS) is 14.2. The van der Waals surface area contributed by atoms with Crippen molar-refractivity contribution in [2.75, 3.05) is 19.8 Å². The van der Waals surface area contributed by atoms with E-state index < -0.39 is 0 Å². The second-order valence-electron chi connectivity index (χ2n) is 4.86. The summed E-state index contributed by atoms with van der Waals surface area (Å²) in [7, 11) is 0. The summed E-state index contributed by atoms with van der Waals surface area (Å²) in [5.41, 5.74) is 0. The van der Waals surface area contributed by atoms with E-state index in [1.165, 1.54) is 6.42 Å². The van der Waals surface area contributed by atoms with E-state index in [4.69, 9.17) is 14.2 Å². The van der Waals surface area contributed by atoms with Crippen LogP contribution in [0.1, 0.15) is 46.5 Å². The highest BCUT2D eigenvalue weighted by Gasteiger charge is 2.13. The largest absolute Gasteiger partial charge is 0.481 e. The third-order valence-corrected chi connectivity index (χ3v) is 3.97. The zero-order valence-electron chi connectivity index (χ0n) is 13.0. The van der Waals surface area contributed by atoms with Crippen molar-refractivity contribution in [3.8, 4) is 5.06 Å². The van der Waals surface area contributed by atoms with Crippen LogP contribution in [-0.2, 0) is 9.47 Å². The summed E-state index contributed by atoms with van der Waals surface area (Å²) in [4.78, 5) is 0. The van der Waals surface area contributed by atoms with E-state index >= 15 is 0 Å². The van der Waals surface area contributed by atoms with Gasteiger partial charge in [-0.05, 0) is 36.8 Å². The molecule has 0 aromatic carbocycles. The number of thiophene rings is 1. The van der Waals surface area contributed by atoms with Gasteiger partial charge in [0.15, 0.2) is 5.06 Å². The molecule has 0 aliphatic rings. The molecule has 0 amide bonds. The van der Waals surface area contributed by atoms with Crippen molar-refractivity contribution in [2.24, 2.45) is 0 Å². The van der Waals surface area contributed by atoms with Crippen LogP contribution in [0.3, 0.4) is 0 Å². The first-order valence-electron chi connectivity index (χ1n) is 7.69. The fourth-order valence-electron chi connectivity index (χ4n) is 1.73. The average Bonchev–Trinajstić information content (AvgIpc) is 2.98. The minimum atomic E-state index is 0.140. The zero-order valence-corrected chi connectivity index (χ0v) is 13.8. The van der Waals surface area contributed by atoms with Crippen LogP contribution in [0.25, 0.3) is 0 Å². The average molecular weight is 300 g/mol. The van der Waals surface area contributed by atoms with E-state index in [-0.39, 0.29) is 12.2 Å². The van der Waals surface area contributed by atoms with Crippen LogP contribution in [0, 0.1) is 0 Å². The monoisotopic (exact) mass is 300 g/mol. The summed E-state index contributed by atoms with van der Waals surface area (Å²) in [5.74, 6) is 0. The molecule has 0 radical (unpaired) electrons. The van der Waals surface area contributed by atoms with Gasteiger partial charge in [0, 0.05) is 6.61 Å². The van der Waals surface area contributed by atoms with E-state index in [1.807, 2.05) is 17.5 Å². The first-order chi connectivity index (χ1) is 9.80. The van der Waals surface area contributed by atoms with Crippen molar-refractivity contribution in [2.45, 2.75) is 58.7 Å². The molecule has 1 rings (SSSR count). The molecule has 20 heavy (non-hydrogen) atoms. The first-order valence-corrected chi connectivity index (χ1v) is 8.57. The van der Waals surface area contributed by atoms with Crippen LogP contribution in [0.4, 0.5) is 0 Å². The maximum absolute atomic E-state index is 5.93. The maximum Gasteiger partial charge on any atom is 0.173 e. The quantitative estimate of drug-likeness (QED) is 0.531. The van der Waals surface area contributed by atoms with Gasteiger partial charge in [-0.1, -0.05) is 27.2 Å². The summed E-state index contributed by atoms with van der Waals surface area (Å²) in [5, 5.41) is 2.98. The lowest BCUT2D eigenvalue weighted by Crippen LogP contribution is -2.27. The molecule has 0 aliphatic carbocycles. The molecule has 3 nitrogen and oxygen atoms in total. The third kappa shape index (κ3) is 7.27. The minimum Gasteiger partial charge on any atom is -0.481 e. The Bertz CT molecular complexity index is 314. The standard InChI is InChI=1S/C16H28O3S/c1-4-7-10-17-14(5-2)12-18-15(6-3)13-19-16-9-8-11-20-16/h8-9,11,14-15H,4-7,10,12-13H2,1-3H3. The Kier molecular flexibility index (Phi) is 9.71. The lowest BCUT2D eigenvalue weighted by atomic mass is 10.2. The second-order valence-corrected chi connectivity index (χ2v) is 5.77. The Morgan fingerprint density at radius 3 is 2.40 bits per heavy atom. The van der Waals surface area contributed by atoms with Gasteiger partial charge in [-0.2, -0.15) is 0 Å². The summed E-state index contributed by atoms with van der Waals surface area (Å²) < 4.78 is 17.5. The SMILES string of the molecule is CCCCOC(CC)COC(CC)COc1cccs1. The fourth-order valence-corrected chi connectivity index (χ4v) is 2.31. The number of hydrogen-bond donors (Lipinski definition) is 0. The van der Waals surface area contributed by atoms with E-state index in [9.17, 15) is 0 Å². The van der Waals surface area contributed by atoms with Gasteiger partial charge in [0.1, 0.15) is 6.61 Å². The minimum absolute atomic E-state index is 0.140. The predicted molar refractivity (Wildman–Crippen MR) is 84.8 cm³/mol. The molecule has 1 aromatic rings. The Morgan fingerprint density at radius 1 is 1.05 bits per heavy atom. The van der Waals surface area contributed by atoms with E-state index in [0.29, 0.717) is 13.2 Å². The summed E-state index contributed by atoms with van der Waals surface area (Å²) >= 11 is 1.62. The smallest absolute Gasteiger partial charge is 0.173 e. The topological polar surface area (TPSA) is 27.7 Å². The summed E-state index contributed by atoms with van der Waals surface area (Å²) in [6.45, 7) is 8.55. The Hall–Kier alpha value is -0.580. The van der Waals surface area contributed by atoms with Crippen molar-refractivity contribution >= 4 is 11.3 Å². The molecule has 0 bridgehead atoms. The molecule has 4 heteroatoms. The van der Waals surface area contributed by atoms with Crippen LogP contribution in [0.2, 0.25) is 0 Å². The van der Waals surface area contributed by atoms with Gasteiger partial charge < -0.3 is 14.2 Å². The third-order valence-electron chi connectivity index (χ3n) is 3.19. The number of unbranched alkanes of at least 4 members (excludes halogenated alkanes) is 1.